The van der Waals surface area contributed by atoms with Crippen LogP contribution in [0, 0.1) is 11.8 Å². The van der Waals surface area contributed by atoms with Gasteiger partial charge < -0.3 is 11.1 Å². The van der Waals surface area contributed by atoms with E-state index in [1.165, 1.54) is 0 Å². The molecule has 0 aromatic carbocycles. The van der Waals surface area contributed by atoms with E-state index in [4.69, 9.17) is 5.73 Å². The number of aryl methyl sites for hydroxylation is 1. The number of aromatic nitrogens is 4. The maximum atomic E-state index is 11.8. The number of anilines is 1. The second kappa shape index (κ2) is 7.01. The first-order valence-corrected chi connectivity index (χ1v) is 6.07. The number of nitrogens with two attached hydrogens (primary N) is 1. The highest BCUT2D eigenvalue weighted by Gasteiger charge is 2.04. The molecule has 0 atom stereocenters. The van der Waals surface area contributed by atoms with Crippen molar-refractivity contribution in [1.82, 2.24) is 20.0 Å². The maximum Gasteiger partial charge on any atom is 0.227 e. The largest absolute Gasteiger partial charge is 0.320 e. The van der Waals surface area contributed by atoms with E-state index in [9.17, 15) is 4.79 Å². The van der Waals surface area contributed by atoms with Crippen molar-refractivity contribution in [2.24, 2.45) is 5.73 Å². The first kappa shape index (κ1) is 13.7. The lowest BCUT2D eigenvalue weighted by Gasteiger charge is -2.04. The van der Waals surface area contributed by atoms with Gasteiger partial charge in [-0.1, -0.05) is 17.1 Å². The molecule has 1 amide bonds. The number of nitrogens with one attached hydrogen (secondary N) is 1. The average Bonchev–Trinajstić information content (AvgIpc) is 2.97. The molecule has 0 aliphatic rings. The zero-order valence-electron chi connectivity index (χ0n) is 10.8. The summed E-state index contributed by atoms with van der Waals surface area (Å²) in [6.07, 6.45) is 5.16. The number of carbonyl (C=O) groups is 1. The number of pyridine rings is 1. The lowest BCUT2D eigenvalue weighted by atomic mass is 10.2. The van der Waals surface area contributed by atoms with Crippen molar-refractivity contribution in [3.05, 3.63) is 36.3 Å². The van der Waals surface area contributed by atoms with Gasteiger partial charge >= 0.3 is 0 Å². The predicted molar refractivity (Wildman–Crippen MR) is 73.4 cm³/mol. The van der Waals surface area contributed by atoms with Crippen molar-refractivity contribution in [3.63, 3.8) is 0 Å². The fourth-order valence-electron chi connectivity index (χ4n) is 1.50. The number of carbonyl (C=O) groups excluding carboxylic acids is 1. The molecule has 2 aromatic rings. The van der Waals surface area contributed by atoms with Gasteiger partial charge in [0.15, 0.2) is 0 Å². The van der Waals surface area contributed by atoms with Crippen molar-refractivity contribution in [1.29, 1.82) is 0 Å². The van der Waals surface area contributed by atoms with Crippen molar-refractivity contribution in [3.8, 4) is 11.8 Å². The third-order valence-corrected chi connectivity index (χ3v) is 2.40. The summed E-state index contributed by atoms with van der Waals surface area (Å²) in [6, 6.07) is 3.46. The van der Waals surface area contributed by atoms with Crippen LogP contribution in [0.25, 0.3) is 0 Å². The maximum absolute atomic E-state index is 11.8. The normalized spacial score (nSPS) is 9.65. The van der Waals surface area contributed by atoms with Crippen LogP contribution in [0.2, 0.25) is 0 Å². The Kier molecular flexibility index (Phi) is 4.81. The predicted octanol–water partition coefficient (Wildman–Crippen LogP) is 0.0121. The van der Waals surface area contributed by atoms with Gasteiger partial charge in [-0.05, 0) is 12.1 Å². The van der Waals surface area contributed by atoms with Crippen LogP contribution in [0.4, 0.5) is 5.82 Å². The Labute approximate surface area is 116 Å². The van der Waals surface area contributed by atoms with Gasteiger partial charge in [0.1, 0.15) is 5.82 Å². The van der Waals surface area contributed by atoms with Crippen LogP contribution in [0.3, 0.4) is 0 Å². The van der Waals surface area contributed by atoms with Gasteiger partial charge in [0, 0.05) is 24.4 Å². The highest BCUT2D eigenvalue weighted by Crippen LogP contribution is 2.06. The van der Waals surface area contributed by atoms with Crippen molar-refractivity contribution in [2.45, 2.75) is 13.0 Å². The van der Waals surface area contributed by atoms with E-state index in [2.05, 4.69) is 32.5 Å². The summed E-state index contributed by atoms with van der Waals surface area (Å²) in [6.45, 7) is 0.764. The van der Waals surface area contributed by atoms with E-state index in [0.29, 0.717) is 25.3 Å². The fourth-order valence-corrected chi connectivity index (χ4v) is 1.50. The molecule has 0 aliphatic carbocycles. The molecule has 0 radical (unpaired) electrons. The van der Waals surface area contributed by atoms with Crippen molar-refractivity contribution < 1.29 is 4.79 Å². The van der Waals surface area contributed by atoms with Crippen LogP contribution < -0.4 is 11.1 Å². The fraction of sp³-hybridized carbons (Fsp3) is 0.231. The van der Waals surface area contributed by atoms with E-state index in [-0.39, 0.29) is 5.91 Å². The summed E-state index contributed by atoms with van der Waals surface area (Å²) in [7, 11) is 0. The SMILES string of the molecule is NCC#Cc1ccnc(NC(=O)CCn2ccnn2)c1. The minimum Gasteiger partial charge on any atom is -0.320 e. The van der Waals surface area contributed by atoms with Crippen LogP contribution in [0.1, 0.15) is 12.0 Å². The number of amides is 1. The van der Waals surface area contributed by atoms with Crippen LogP contribution in [0.5, 0.6) is 0 Å². The topological polar surface area (TPSA) is 98.7 Å². The van der Waals surface area contributed by atoms with Gasteiger partial charge in [-0.3, -0.25) is 9.48 Å². The molecule has 0 saturated heterocycles. The zero-order chi connectivity index (χ0) is 14.2. The summed E-state index contributed by atoms with van der Waals surface area (Å²) >= 11 is 0. The summed E-state index contributed by atoms with van der Waals surface area (Å²) < 4.78 is 1.59. The third-order valence-electron chi connectivity index (χ3n) is 2.40. The van der Waals surface area contributed by atoms with Crippen molar-refractivity contribution in [2.75, 3.05) is 11.9 Å². The minimum absolute atomic E-state index is 0.142. The molecular weight excluding hydrogens is 256 g/mol. The van der Waals surface area contributed by atoms with E-state index < -0.39 is 0 Å². The smallest absolute Gasteiger partial charge is 0.227 e. The van der Waals surface area contributed by atoms with Crippen LogP contribution >= 0.6 is 0 Å². The second-order valence-corrected chi connectivity index (χ2v) is 3.90. The molecule has 7 heteroatoms. The number of hydrogen-bond acceptors (Lipinski definition) is 5. The summed E-state index contributed by atoms with van der Waals surface area (Å²) in [5.74, 6) is 5.96. The third kappa shape index (κ3) is 4.19. The zero-order valence-corrected chi connectivity index (χ0v) is 10.8. The Bertz CT molecular complexity index is 626. The average molecular weight is 270 g/mol. The summed E-state index contributed by atoms with van der Waals surface area (Å²) in [4.78, 5) is 15.8. The van der Waals surface area contributed by atoms with E-state index in [1.807, 2.05) is 0 Å². The van der Waals surface area contributed by atoms with E-state index >= 15 is 0 Å². The molecule has 20 heavy (non-hydrogen) atoms. The van der Waals surface area contributed by atoms with E-state index in [0.717, 1.165) is 5.56 Å². The van der Waals surface area contributed by atoms with Gasteiger partial charge in [0.05, 0.1) is 19.3 Å². The number of nitrogens with zero attached hydrogens (tertiary/aromatic N) is 4. The second-order valence-electron chi connectivity index (χ2n) is 3.90. The number of hydrogen-bond donors (Lipinski definition) is 2. The summed E-state index contributed by atoms with van der Waals surface area (Å²) in [5.41, 5.74) is 6.07. The molecule has 2 rings (SSSR count). The van der Waals surface area contributed by atoms with Crippen LogP contribution in [-0.4, -0.2) is 32.4 Å². The highest BCUT2D eigenvalue weighted by atomic mass is 16.1. The molecule has 2 heterocycles. The molecule has 2 aromatic heterocycles. The van der Waals surface area contributed by atoms with Crippen LogP contribution in [0.15, 0.2) is 30.7 Å². The van der Waals surface area contributed by atoms with Gasteiger partial charge in [-0.25, -0.2) is 4.98 Å². The van der Waals surface area contributed by atoms with Gasteiger partial charge in [0.2, 0.25) is 5.91 Å². The minimum atomic E-state index is -0.142. The Morgan fingerprint density at radius 3 is 3.10 bits per heavy atom. The molecule has 7 nitrogen and oxygen atoms in total. The lowest BCUT2D eigenvalue weighted by molar-refractivity contribution is -0.116. The van der Waals surface area contributed by atoms with Crippen LogP contribution in [-0.2, 0) is 11.3 Å². The molecular formula is C13H14N6O. The Morgan fingerprint density at radius 1 is 1.45 bits per heavy atom. The quantitative estimate of drug-likeness (QED) is 0.763. The van der Waals surface area contributed by atoms with Gasteiger partial charge in [0.25, 0.3) is 0 Å². The van der Waals surface area contributed by atoms with Gasteiger partial charge in [-0.2, -0.15) is 0 Å². The summed E-state index contributed by atoms with van der Waals surface area (Å²) in [5, 5.41) is 10.2. The molecule has 0 saturated carbocycles. The highest BCUT2D eigenvalue weighted by molar-refractivity contribution is 5.89. The first-order chi connectivity index (χ1) is 9.78. The van der Waals surface area contributed by atoms with Gasteiger partial charge in [-0.15, -0.1) is 5.10 Å². The first-order valence-electron chi connectivity index (χ1n) is 6.07. The molecule has 0 unspecified atom stereocenters. The lowest BCUT2D eigenvalue weighted by Crippen LogP contribution is -2.15. The molecule has 0 fully saturated rings. The number of rotatable bonds is 4. The Balaban J connectivity index is 1.90. The molecule has 102 valence electrons. The molecule has 3 N–H and O–H groups in total. The Morgan fingerprint density at radius 2 is 2.35 bits per heavy atom. The molecule has 0 aliphatic heterocycles. The molecule has 0 bridgehead atoms. The van der Waals surface area contributed by atoms with Crippen molar-refractivity contribution >= 4 is 11.7 Å². The monoisotopic (exact) mass is 270 g/mol. The van der Waals surface area contributed by atoms with E-state index in [1.54, 1.807) is 35.4 Å². The molecule has 0 spiro atoms. The Hall–Kier alpha value is -2.72. The standard InChI is InChI=1S/C13H14N6O/c14-5-1-2-11-3-6-15-12(10-11)17-13(20)4-8-19-9-7-16-18-19/h3,6-7,9-10H,4-5,8,14H2,(H,15,17,20).